The van der Waals surface area contributed by atoms with E-state index >= 15 is 0 Å². The third-order valence-corrected chi connectivity index (χ3v) is 1.88. The van der Waals surface area contributed by atoms with Crippen LogP contribution in [0.3, 0.4) is 0 Å². The Kier molecular flexibility index (Phi) is 4.58. The van der Waals surface area contributed by atoms with Crippen molar-refractivity contribution in [2.24, 2.45) is 0 Å². The van der Waals surface area contributed by atoms with Gasteiger partial charge in [0.2, 0.25) is 0 Å². The van der Waals surface area contributed by atoms with Crippen molar-refractivity contribution in [2.75, 3.05) is 6.61 Å². The molecule has 0 radical (unpaired) electrons. The van der Waals surface area contributed by atoms with Crippen molar-refractivity contribution < 1.29 is 9.09 Å². The van der Waals surface area contributed by atoms with Crippen molar-refractivity contribution in [1.29, 1.82) is 0 Å². The Balaban J connectivity index is 2.20. The maximum atomic E-state index is 9.89. The number of aryl methyl sites for hydroxylation is 1. The van der Waals surface area contributed by atoms with Crippen molar-refractivity contribution in [3.63, 3.8) is 0 Å². The molecular formula is C9H11O2P. The fraction of sp³-hybridized carbons (Fsp3) is 0.333. The van der Waals surface area contributed by atoms with E-state index in [1.807, 2.05) is 18.2 Å². The largest absolute Gasteiger partial charge is 0.327 e. The average molecular weight is 182 g/mol. The van der Waals surface area contributed by atoms with Gasteiger partial charge in [-0.3, -0.25) is 4.52 Å². The Bertz CT molecular complexity index is 223. The number of rotatable bonds is 5. The summed E-state index contributed by atoms with van der Waals surface area (Å²) in [6, 6.07) is 10.2. The van der Waals surface area contributed by atoms with Crippen molar-refractivity contribution in [1.82, 2.24) is 0 Å². The van der Waals surface area contributed by atoms with E-state index in [9.17, 15) is 4.57 Å². The van der Waals surface area contributed by atoms with Crippen LogP contribution in [0.15, 0.2) is 30.3 Å². The molecule has 0 saturated heterocycles. The average Bonchev–Trinajstić information content (AvgIpc) is 2.14. The van der Waals surface area contributed by atoms with Crippen LogP contribution in [-0.2, 0) is 15.5 Å². The summed E-state index contributed by atoms with van der Waals surface area (Å²) in [6.07, 6.45) is 1.90. The summed E-state index contributed by atoms with van der Waals surface area (Å²) in [7, 11) is -0.219. The molecule has 0 atom stereocenters. The molecule has 0 N–H and O–H groups in total. The number of benzene rings is 1. The number of hydrogen-bond donors (Lipinski definition) is 0. The van der Waals surface area contributed by atoms with Crippen LogP contribution < -0.4 is 0 Å². The van der Waals surface area contributed by atoms with Gasteiger partial charge in [-0.1, -0.05) is 30.3 Å². The fourth-order valence-electron chi connectivity index (χ4n) is 1.02. The van der Waals surface area contributed by atoms with Gasteiger partial charge in [-0.2, -0.15) is 0 Å². The third kappa shape index (κ3) is 3.61. The zero-order valence-corrected chi connectivity index (χ0v) is 7.67. The summed E-state index contributed by atoms with van der Waals surface area (Å²) in [6.45, 7) is 0.556. The Labute approximate surface area is 73.8 Å². The van der Waals surface area contributed by atoms with E-state index in [4.69, 9.17) is 0 Å². The van der Waals surface area contributed by atoms with E-state index in [0.29, 0.717) is 6.61 Å². The van der Waals surface area contributed by atoms with Crippen molar-refractivity contribution in [3.8, 4) is 0 Å². The Morgan fingerprint density at radius 1 is 1.25 bits per heavy atom. The molecule has 0 heterocycles. The molecule has 0 spiro atoms. The molecule has 0 fully saturated rings. The standard InChI is InChI=1S/C9H11O2P/c10-12-11-8-4-7-9-5-2-1-3-6-9/h1-3,5-6H,4,7-8H2. The lowest BCUT2D eigenvalue weighted by molar-refractivity contribution is 0.335. The van der Waals surface area contributed by atoms with Crippen LogP contribution in [0.4, 0.5) is 0 Å². The summed E-state index contributed by atoms with van der Waals surface area (Å²) >= 11 is 0. The predicted octanol–water partition coefficient (Wildman–Crippen LogP) is 2.84. The van der Waals surface area contributed by atoms with E-state index in [2.05, 4.69) is 16.7 Å². The highest BCUT2D eigenvalue weighted by Crippen LogP contribution is 2.04. The third-order valence-electron chi connectivity index (χ3n) is 1.60. The maximum absolute atomic E-state index is 9.89. The van der Waals surface area contributed by atoms with Gasteiger partial charge >= 0.3 is 8.69 Å². The lowest BCUT2D eigenvalue weighted by atomic mass is 10.1. The molecule has 0 aromatic heterocycles. The van der Waals surface area contributed by atoms with Crippen LogP contribution in [0.2, 0.25) is 0 Å². The van der Waals surface area contributed by atoms with Crippen molar-refractivity contribution in [2.45, 2.75) is 12.8 Å². The summed E-state index contributed by atoms with van der Waals surface area (Å²) in [4.78, 5) is 0. The first-order valence-corrected chi connectivity index (χ1v) is 4.65. The van der Waals surface area contributed by atoms with E-state index in [0.717, 1.165) is 12.8 Å². The lowest BCUT2D eigenvalue weighted by Crippen LogP contribution is -1.89. The highest BCUT2D eigenvalue weighted by atomic mass is 31.1. The second-order valence-corrected chi connectivity index (χ2v) is 2.90. The predicted molar refractivity (Wildman–Crippen MR) is 48.3 cm³/mol. The molecule has 12 heavy (non-hydrogen) atoms. The summed E-state index contributed by atoms with van der Waals surface area (Å²) in [5.74, 6) is 0. The van der Waals surface area contributed by atoms with E-state index in [1.165, 1.54) is 5.56 Å². The fourth-order valence-corrected chi connectivity index (χ4v) is 1.23. The second-order valence-electron chi connectivity index (χ2n) is 2.50. The molecule has 0 bridgehead atoms. The topological polar surface area (TPSA) is 26.3 Å². The molecule has 0 aliphatic carbocycles. The first-order chi connectivity index (χ1) is 5.93. The number of hydrogen-bond acceptors (Lipinski definition) is 2. The molecule has 0 amide bonds. The van der Waals surface area contributed by atoms with Gasteiger partial charge in [-0.25, -0.2) is 4.57 Å². The smallest absolute Gasteiger partial charge is 0.294 e. The molecule has 0 aliphatic heterocycles. The van der Waals surface area contributed by atoms with Gasteiger partial charge in [0, 0.05) is 0 Å². The first-order valence-electron chi connectivity index (χ1n) is 3.92. The monoisotopic (exact) mass is 182 g/mol. The molecule has 0 unspecified atom stereocenters. The zero-order valence-electron chi connectivity index (χ0n) is 6.77. The molecule has 64 valence electrons. The molecule has 0 saturated carbocycles. The first kappa shape index (κ1) is 9.37. The van der Waals surface area contributed by atoms with Crippen LogP contribution in [0, 0.1) is 0 Å². The van der Waals surface area contributed by atoms with Crippen LogP contribution in [-0.4, -0.2) is 6.61 Å². The highest BCUT2D eigenvalue weighted by Gasteiger charge is 1.91. The van der Waals surface area contributed by atoms with Crippen LogP contribution in [0.25, 0.3) is 0 Å². The molecular weight excluding hydrogens is 171 g/mol. The van der Waals surface area contributed by atoms with Crippen molar-refractivity contribution in [3.05, 3.63) is 35.9 Å². The molecule has 1 rings (SSSR count). The van der Waals surface area contributed by atoms with Gasteiger partial charge in [0.25, 0.3) is 0 Å². The van der Waals surface area contributed by atoms with Gasteiger partial charge in [0.15, 0.2) is 0 Å². The Morgan fingerprint density at radius 3 is 2.67 bits per heavy atom. The van der Waals surface area contributed by atoms with Crippen molar-refractivity contribution >= 4 is 8.69 Å². The van der Waals surface area contributed by atoms with Gasteiger partial charge in [-0.15, -0.1) is 0 Å². The van der Waals surface area contributed by atoms with E-state index in [-0.39, 0.29) is 8.69 Å². The highest BCUT2D eigenvalue weighted by molar-refractivity contribution is 7.17. The molecule has 1 aromatic rings. The quantitative estimate of drug-likeness (QED) is 0.517. The van der Waals surface area contributed by atoms with Gasteiger partial charge in [0.1, 0.15) is 0 Å². The minimum Gasteiger partial charge on any atom is -0.294 e. The van der Waals surface area contributed by atoms with Gasteiger partial charge in [0.05, 0.1) is 6.61 Å². The zero-order chi connectivity index (χ0) is 8.65. The minimum atomic E-state index is -0.219. The molecule has 2 nitrogen and oxygen atoms in total. The summed E-state index contributed by atoms with van der Waals surface area (Å²) < 4.78 is 14.6. The van der Waals surface area contributed by atoms with Crippen LogP contribution in [0.1, 0.15) is 12.0 Å². The molecule has 3 heteroatoms. The van der Waals surface area contributed by atoms with Gasteiger partial charge in [-0.05, 0) is 18.4 Å². The summed E-state index contributed by atoms with van der Waals surface area (Å²) in [5, 5.41) is 0. The van der Waals surface area contributed by atoms with Crippen LogP contribution in [0.5, 0.6) is 0 Å². The Hall–Kier alpha value is -0.720. The van der Waals surface area contributed by atoms with Gasteiger partial charge < -0.3 is 0 Å². The second kappa shape index (κ2) is 5.87. The SMILES string of the molecule is O=POCCCc1ccccc1. The normalized spacial score (nSPS) is 10.3. The molecule has 0 aliphatic rings. The summed E-state index contributed by atoms with van der Waals surface area (Å²) in [5.41, 5.74) is 1.30. The molecule has 1 aromatic carbocycles. The van der Waals surface area contributed by atoms with Crippen LogP contribution >= 0.6 is 8.69 Å². The minimum absolute atomic E-state index is 0.219. The van der Waals surface area contributed by atoms with E-state index < -0.39 is 0 Å². The van der Waals surface area contributed by atoms with E-state index in [1.54, 1.807) is 0 Å². The Morgan fingerprint density at radius 2 is 2.00 bits per heavy atom. The maximum Gasteiger partial charge on any atom is 0.327 e. The lowest BCUT2D eigenvalue weighted by Gasteiger charge is -1.97.